The summed E-state index contributed by atoms with van der Waals surface area (Å²) in [5.74, 6) is 0.304. The van der Waals surface area contributed by atoms with Crippen molar-refractivity contribution in [3.05, 3.63) is 58.9 Å². The average Bonchev–Trinajstić information content (AvgIpc) is 2.39. The molecule has 4 heteroatoms. The van der Waals surface area contributed by atoms with E-state index in [0.717, 1.165) is 5.56 Å². The van der Waals surface area contributed by atoms with Gasteiger partial charge in [0.2, 0.25) is 5.89 Å². The fraction of sp³-hybridized carbons (Fsp3) is 0. The van der Waals surface area contributed by atoms with E-state index in [9.17, 15) is 4.79 Å². The Balaban J connectivity index is 2.24. The summed E-state index contributed by atoms with van der Waals surface area (Å²) in [6.07, 6.45) is 0. The van der Waals surface area contributed by atoms with Crippen LogP contribution in [-0.4, -0.2) is 4.98 Å². The van der Waals surface area contributed by atoms with Gasteiger partial charge < -0.3 is 10.2 Å². The monoisotopic (exact) mass is 238 g/mol. The highest BCUT2D eigenvalue weighted by molar-refractivity contribution is 5.76. The zero-order valence-corrected chi connectivity index (χ0v) is 9.46. The van der Waals surface area contributed by atoms with Gasteiger partial charge in [-0.05, 0) is 36.4 Å². The number of anilines is 1. The molecule has 2 aromatic carbocycles. The maximum atomic E-state index is 11.8. The van der Waals surface area contributed by atoms with Gasteiger partial charge in [-0.15, -0.1) is 0 Å². The van der Waals surface area contributed by atoms with Crippen molar-refractivity contribution in [3.63, 3.8) is 0 Å². The van der Waals surface area contributed by atoms with Crippen LogP contribution in [0.2, 0.25) is 0 Å². The fourth-order valence-corrected chi connectivity index (χ4v) is 1.76. The van der Waals surface area contributed by atoms with Crippen molar-refractivity contribution in [2.45, 2.75) is 0 Å². The van der Waals surface area contributed by atoms with E-state index in [2.05, 4.69) is 4.98 Å². The molecule has 0 atom stereocenters. The molecular weight excluding hydrogens is 228 g/mol. The highest BCUT2D eigenvalue weighted by atomic mass is 16.3. The Bertz CT molecular complexity index is 761. The highest BCUT2D eigenvalue weighted by Gasteiger charge is 2.07. The van der Waals surface area contributed by atoms with Gasteiger partial charge in [0.1, 0.15) is 5.58 Å². The van der Waals surface area contributed by atoms with E-state index in [1.54, 1.807) is 42.5 Å². The summed E-state index contributed by atoms with van der Waals surface area (Å²) in [6.45, 7) is 0. The Morgan fingerprint density at radius 3 is 2.50 bits per heavy atom. The molecule has 1 aromatic heterocycles. The SMILES string of the molecule is Nc1ccc(-c2nc(=O)c3ccccc3o2)cc1. The normalized spacial score (nSPS) is 10.7. The molecule has 0 bridgehead atoms. The van der Waals surface area contributed by atoms with Crippen molar-refractivity contribution in [1.29, 1.82) is 0 Å². The van der Waals surface area contributed by atoms with Crippen molar-refractivity contribution < 1.29 is 4.42 Å². The smallest absolute Gasteiger partial charge is 0.284 e. The summed E-state index contributed by atoms with van der Waals surface area (Å²) in [4.78, 5) is 15.8. The van der Waals surface area contributed by atoms with E-state index in [0.29, 0.717) is 22.5 Å². The van der Waals surface area contributed by atoms with Gasteiger partial charge in [-0.2, -0.15) is 4.98 Å². The number of hydrogen-bond donors (Lipinski definition) is 1. The molecule has 88 valence electrons. The number of rotatable bonds is 1. The van der Waals surface area contributed by atoms with E-state index < -0.39 is 0 Å². The zero-order chi connectivity index (χ0) is 12.5. The van der Waals surface area contributed by atoms with E-state index >= 15 is 0 Å². The summed E-state index contributed by atoms with van der Waals surface area (Å²) in [5, 5.41) is 0.483. The standard InChI is InChI=1S/C14H10N2O2/c15-10-7-5-9(6-8-10)14-16-13(17)11-3-1-2-4-12(11)18-14/h1-8H,15H2. The van der Waals surface area contributed by atoms with Crippen LogP contribution in [0.4, 0.5) is 5.69 Å². The van der Waals surface area contributed by atoms with Crippen LogP contribution in [0, 0.1) is 0 Å². The lowest BCUT2D eigenvalue weighted by molar-refractivity contribution is 0.595. The van der Waals surface area contributed by atoms with Gasteiger partial charge in [-0.3, -0.25) is 4.79 Å². The lowest BCUT2D eigenvalue weighted by Gasteiger charge is -2.02. The summed E-state index contributed by atoms with van der Waals surface area (Å²) in [5.41, 5.74) is 7.24. The van der Waals surface area contributed by atoms with Crippen LogP contribution in [0.5, 0.6) is 0 Å². The van der Waals surface area contributed by atoms with E-state index in [-0.39, 0.29) is 5.56 Å². The van der Waals surface area contributed by atoms with Crippen LogP contribution >= 0.6 is 0 Å². The molecule has 0 saturated carbocycles. The highest BCUT2D eigenvalue weighted by Crippen LogP contribution is 2.20. The van der Waals surface area contributed by atoms with E-state index in [1.807, 2.05) is 6.07 Å². The Hall–Kier alpha value is -2.62. The predicted molar refractivity (Wildman–Crippen MR) is 70.1 cm³/mol. The number of benzene rings is 2. The minimum Gasteiger partial charge on any atom is -0.437 e. The van der Waals surface area contributed by atoms with Crippen molar-refractivity contribution in [1.82, 2.24) is 4.98 Å². The lowest BCUT2D eigenvalue weighted by atomic mass is 10.2. The van der Waals surface area contributed by atoms with Gasteiger partial charge in [-0.1, -0.05) is 12.1 Å². The lowest BCUT2D eigenvalue weighted by Crippen LogP contribution is -2.06. The van der Waals surface area contributed by atoms with Gasteiger partial charge >= 0.3 is 0 Å². The second-order valence-corrected chi connectivity index (χ2v) is 3.94. The topological polar surface area (TPSA) is 69.1 Å². The molecule has 0 radical (unpaired) electrons. The predicted octanol–water partition coefficient (Wildman–Crippen LogP) is 2.44. The first kappa shape index (κ1) is 10.5. The molecule has 2 N–H and O–H groups in total. The van der Waals surface area contributed by atoms with Crippen molar-refractivity contribution in [2.24, 2.45) is 0 Å². The molecule has 0 aliphatic carbocycles. The maximum absolute atomic E-state index is 11.8. The Morgan fingerprint density at radius 1 is 1.00 bits per heavy atom. The molecule has 3 aromatic rings. The second kappa shape index (κ2) is 4.00. The summed E-state index contributed by atoms with van der Waals surface area (Å²) in [7, 11) is 0. The summed E-state index contributed by atoms with van der Waals surface area (Å²) >= 11 is 0. The van der Waals surface area contributed by atoms with E-state index in [4.69, 9.17) is 10.2 Å². The van der Waals surface area contributed by atoms with Gasteiger partial charge in [-0.25, -0.2) is 0 Å². The first-order chi connectivity index (χ1) is 8.74. The van der Waals surface area contributed by atoms with E-state index in [1.165, 1.54) is 0 Å². The molecule has 18 heavy (non-hydrogen) atoms. The number of para-hydroxylation sites is 1. The van der Waals surface area contributed by atoms with Crippen LogP contribution in [-0.2, 0) is 0 Å². The van der Waals surface area contributed by atoms with Gasteiger partial charge in [0.25, 0.3) is 5.56 Å². The summed E-state index contributed by atoms with van der Waals surface area (Å²) in [6, 6.07) is 14.1. The number of aromatic nitrogens is 1. The van der Waals surface area contributed by atoms with Crippen LogP contribution in [0.15, 0.2) is 57.7 Å². The van der Waals surface area contributed by atoms with Crippen molar-refractivity contribution in [2.75, 3.05) is 5.73 Å². The zero-order valence-electron chi connectivity index (χ0n) is 9.46. The average molecular weight is 238 g/mol. The third-order valence-electron chi connectivity index (χ3n) is 2.68. The van der Waals surface area contributed by atoms with Crippen LogP contribution < -0.4 is 11.3 Å². The first-order valence-electron chi connectivity index (χ1n) is 5.50. The molecular formula is C14H10N2O2. The fourth-order valence-electron chi connectivity index (χ4n) is 1.76. The third kappa shape index (κ3) is 1.73. The van der Waals surface area contributed by atoms with Gasteiger partial charge in [0.15, 0.2) is 0 Å². The molecule has 1 heterocycles. The number of nitrogen functional groups attached to an aromatic ring is 1. The maximum Gasteiger partial charge on any atom is 0.284 e. The van der Waals surface area contributed by atoms with Crippen LogP contribution in [0.3, 0.4) is 0 Å². The quantitative estimate of drug-likeness (QED) is 0.661. The Morgan fingerprint density at radius 2 is 1.72 bits per heavy atom. The summed E-state index contributed by atoms with van der Waals surface area (Å²) < 4.78 is 5.62. The Kier molecular flexibility index (Phi) is 2.34. The first-order valence-corrected chi connectivity index (χ1v) is 5.50. The minimum absolute atomic E-state index is 0.288. The number of nitrogens with two attached hydrogens (primary N) is 1. The third-order valence-corrected chi connectivity index (χ3v) is 2.68. The molecule has 0 amide bonds. The minimum atomic E-state index is -0.288. The molecule has 0 fully saturated rings. The molecule has 0 spiro atoms. The van der Waals surface area contributed by atoms with Crippen LogP contribution in [0.25, 0.3) is 22.4 Å². The second-order valence-electron chi connectivity index (χ2n) is 3.94. The number of hydrogen-bond acceptors (Lipinski definition) is 4. The van der Waals surface area contributed by atoms with Crippen molar-refractivity contribution in [3.8, 4) is 11.5 Å². The Labute approximate surface area is 103 Å². The molecule has 3 rings (SSSR count). The van der Waals surface area contributed by atoms with Crippen LogP contribution in [0.1, 0.15) is 0 Å². The number of nitrogens with zero attached hydrogens (tertiary/aromatic N) is 1. The largest absolute Gasteiger partial charge is 0.437 e. The van der Waals surface area contributed by atoms with Crippen molar-refractivity contribution >= 4 is 16.7 Å². The molecule has 0 aliphatic rings. The molecule has 0 saturated heterocycles. The molecule has 0 unspecified atom stereocenters. The molecule has 4 nitrogen and oxygen atoms in total. The van der Waals surface area contributed by atoms with Gasteiger partial charge in [0.05, 0.1) is 5.39 Å². The number of fused-ring (bicyclic) bond motifs is 1. The van der Waals surface area contributed by atoms with Gasteiger partial charge in [0, 0.05) is 11.3 Å². The molecule has 0 aliphatic heterocycles.